The zero-order valence-corrected chi connectivity index (χ0v) is 15.1. The number of hydrogen-bond acceptors (Lipinski definition) is 3. The van der Waals surface area contributed by atoms with Crippen LogP contribution in [0, 0.1) is 0 Å². The van der Waals surface area contributed by atoms with Crippen molar-refractivity contribution in [2.45, 2.75) is 0 Å². The summed E-state index contributed by atoms with van der Waals surface area (Å²) in [6.07, 6.45) is 3.72. The fraction of sp³-hybridized carbons (Fsp3) is 0.0833. The van der Waals surface area contributed by atoms with Crippen LogP contribution in [0.2, 0.25) is 0 Å². The summed E-state index contributed by atoms with van der Waals surface area (Å²) in [5.41, 5.74) is 3.20. The van der Waals surface area contributed by atoms with Crippen molar-refractivity contribution in [2.75, 3.05) is 22.9 Å². The number of nitrogens with zero attached hydrogens (tertiary/aromatic N) is 2. The first kappa shape index (κ1) is 17.0. The van der Waals surface area contributed by atoms with Gasteiger partial charge >= 0.3 is 0 Å². The van der Waals surface area contributed by atoms with Crippen LogP contribution in [-0.2, 0) is 0 Å². The topological polar surface area (TPSA) is 26.7 Å². The van der Waals surface area contributed by atoms with Crippen LogP contribution in [0.5, 0.6) is 0 Å². The van der Waals surface area contributed by atoms with Gasteiger partial charge in [-0.2, -0.15) is 0 Å². The Hall–Kier alpha value is -3.46. The van der Waals surface area contributed by atoms with Gasteiger partial charge in [-0.25, -0.2) is 0 Å². The maximum atomic E-state index is 11.0. The predicted molar refractivity (Wildman–Crippen MR) is 113 cm³/mol. The summed E-state index contributed by atoms with van der Waals surface area (Å²) in [5.74, 6) is 1.06. The molecule has 3 aromatic rings. The molecule has 3 heteroatoms. The molecule has 1 saturated heterocycles. The van der Waals surface area contributed by atoms with Crippen molar-refractivity contribution in [3.05, 3.63) is 114 Å². The highest BCUT2D eigenvalue weighted by Crippen LogP contribution is 2.32. The number of allylic oxidation sites excluding steroid dienone is 1. The van der Waals surface area contributed by atoms with Crippen LogP contribution in [0.25, 0.3) is 6.08 Å². The minimum absolute atomic E-state index is 0.254. The van der Waals surface area contributed by atoms with Gasteiger partial charge in [0, 0.05) is 24.5 Å². The van der Waals surface area contributed by atoms with Gasteiger partial charge in [-0.1, -0.05) is 72.8 Å². The lowest BCUT2D eigenvalue weighted by Crippen LogP contribution is -2.24. The Morgan fingerprint density at radius 3 is 1.59 bits per heavy atom. The quantitative estimate of drug-likeness (QED) is 0.631. The zero-order valence-electron chi connectivity index (χ0n) is 15.1. The lowest BCUT2D eigenvalue weighted by molar-refractivity contribution is 0.424. The van der Waals surface area contributed by atoms with E-state index in [0.29, 0.717) is 0 Å². The van der Waals surface area contributed by atoms with Crippen molar-refractivity contribution >= 4 is 17.5 Å². The monoisotopic (exact) mass is 354 g/mol. The summed E-state index contributed by atoms with van der Waals surface area (Å²) >= 11 is 0. The SMILES string of the molecule is OC(/C=C/c1ccccc1)=C1N(c2ccccc2)CCN1c1ccccc1. The summed E-state index contributed by atoms with van der Waals surface area (Å²) in [6, 6.07) is 30.4. The van der Waals surface area contributed by atoms with Gasteiger partial charge in [0.25, 0.3) is 0 Å². The molecule has 1 fully saturated rings. The molecule has 1 aliphatic rings. The first-order valence-corrected chi connectivity index (χ1v) is 9.14. The van der Waals surface area contributed by atoms with E-state index in [1.807, 2.05) is 72.8 Å². The van der Waals surface area contributed by atoms with Crippen LogP contribution in [0.3, 0.4) is 0 Å². The van der Waals surface area contributed by atoms with E-state index in [9.17, 15) is 5.11 Å². The van der Waals surface area contributed by atoms with Crippen LogP contribution < -0.4 is 9.80 Å². The predicted octanol–water partition coefficient (Wildman–Crippen LogP) is 5.45. The molecular weight excluding hydrogens is 332 g/mol. The zero-order chi connectivity index (χ0) is 18.5. The average Bonchev–Trinajstić information content (AvgIpc) is 3.19. The van der Waals surface area contributed by atoms with Crippen molar-refractivity contribution in [3.63, 3.8) is 0 Å². The normalized spacial score (nSPS) is 14.1. The number of anilines is 2. The molecule has 0 amide bonds. The second-order valence-corrected chi connectivity index (χ2v) is 6.43. The lowest BCUT2D eigenvalue weighted by atomic mass is 10.2. The molecule has 0 radical (unpaired) electrons. The molecule has 0 bridgehead atoms. The van der Waals surface area contributed by atoms with Gasteiger partial charge in [0.15, 0.2) is 11.6 Å². The van der Waals surface area contributed by atoms with E-state index < -0.39 is 0 Å². The molecule has 1 N–H and O–H groups in total. The molecule has 4 rings (SSSR count). The first-order valence-electron chi connectivity index (χ1n) is 9.14. The third kappa shape index (κ3) is 3.72. The van der Waals surface area contributed by atoms with Gasteiger partial charge in [0.05, 0.1) is 0 Å². The number of rotatable bonds is 4. The lowest BCUT2D eigenvalue weighted by Gasteiger charge is -2.25. The first-order chi connectivity index (χ1) is 13.3. The van der Waals surface area contributed by atoms with Crippen LogP contribution in [-0.4, -0.2) is 18.2 Å². The number of benzene rings is 3. The van der Waals surface area contributed by atoms with Crippen molar-refractivity contribution in [2.24, 2.45) is 0 Å². The number of para-hydroxylation sites is 2. The van der Waals surface area contributed by atoms with Gasteiger partial charge in [-0.05, 0) is 35.9 Å². The third-order valence-corrected chi connectivity index (χ3v) is 4.66. The van der Waals surface area contributed by atoms with Crippen LogP contribution in [0.1, 0.15) is 5.56 Å². The molecule has 3 nitrogen and oxygen atoms in total. The molecule has 134 valence electrons. The van der Waals surface area contributed by atoms with Crippen molar-refractivity contribution in [1.29, 1.82) is 0 Å². The standard InChI is InChI=1S/C24H22N2O/c27-23(17-16-20-10-4-1-5-11-20)24-25(21-12-6-2-7-13-21)18-19-26(24)22-14-8-3-9-15-22/h1-17,27H,18-19H2/b17-16+. The van der Waals surface area contributed by atoms with Crippen LogP contribution >= 0.6 is 0 Å². The van der Waals surface area contributed by atoms with Gasteiger partial charge in [-0.15, -0.1) is 0 Å². The van der Waals surface area contributed by atoms with E-state index in [1.165, 1.54) is 0 Å². The average molecular weight is 354 g/mol. The summed E-state index contributed by atoms with van der Waals surface area (Å²) < 4.78 is 0. The highest BCUT2D eigenvalue weighted by molar-refractivity contribution is 5.66. The van der Waals surface area contributed by atoms with E-state index in [1.54, 1.807) is 6.08 Å². The Morgan fingerprint density at radius 1 is 0.667 bits per heavy atom. The summed E-state index contributed by atoms with van der Waals surface area (Å²) in [6.45, 7) is 1.63. The van der Waals surface area contributed by atoms with Gasteiger partial charge in [0.2, 0.25) is 0 Å². The molecule has 0 unspecified atom stereocenters. The van der Waals surface area contributed by atoms with Gasteiger partial charge < -0.3 is 14.9 Å². The molecule has 3 aromatic carbocycles. The number of aliphatic hydroxyl groups excluding tert-OH is 1. The largest absolute Gasteiger partial charge is 0.504 e. The maximum Gasteiger partial charge on any atom is 0.156 e. The van der Waals surface area contributed by atoms with Crippen molar-refractivity contribution < 1.29 is 5.11 Å². The Kier molecular flexibility index (Phi) is 4.93. The molecule has 1 aliphatic heterocycles. The Morgan fingerprint density at radius 2 is 1.11 bits per heavy atom. The molecule has 0 aliphatic carbocycles. The highest BCUT2D eigenvalue weighted by atomic mass is 16.3. The van der Waals surface area contributed by atoms with E-state index in [-0.39, 0.29) is 5.76 Å². The van der Waals surface area contributed by atoms with E-state index in [0.717, 1.165) is 35.8 Å². The van der Waals surface area contributed by atoms with Crippen molar-refractivity contribution in [3.8, 4) is 0 Å². The van der Waals surface area contributed by atoms with Crippen LogP contribution in [0.15, 0.2) is 109 Å². The molecule has 0 saturated carbocycles. The summed E-state index contributed by atoms with van der Waals surface area (Å²) in [7, 11) is 0. The highest BCUT2D eigenvalue weighted by Gasteiger charge is 2.29. The van der Waals surface area contributed by atoms with E-state index >= 15 is 0 Å². The molecular formula is C24H22N2O. The maximum absolute atomic E-state index is 11.0. The minimum atomic E-state index is 0.254. The second kappa shape index (κ2) is 7.83. The fourth-order valence-corrected chi connectivity index (χ4v) is 3.37. The Balaban J connectivity index is 1.74. The third-order valence-electron chi connectivity index (χ3n) is 4.66. The van der Waals surface area contributed by atoms with Crippen LogP contribution in [0.4, 0.5) is 11.4 Å². The summed E-state index contributed by atoms with van der Waals surface area (Å²) in [4.78, 5) is 4.33. The van der Waals surface area contributed by atoms with E-state index in [2.05, 4.69) is 34.1 Å². The Bertz CT molecular complexity index is 884. The Labute approximate surface area is 160 Å². The van der Waals surface area contributed by atoms with Crippen molar-refractivity contribution in [1.82, 2.24) is 0 Å². The van der Waals surface area contributed by atoms with Gasteiger partial charge in [-0.3, -0.25) is 0 Å². The molecule has 0 aromatic heterocycles. The number of aliphatic hydroxyl groups is 1. The van der Waals surface area contributed by atoms with Gasteiger partial charge in [0.1, 0.15) is 0 Å². The molecule has 27 heavy (non-hydrogen) atoms. The molecule has 0 spiro atoms. The summed E-state index contributed by atoms with van der Waals surface area (Å²) in [5, 5.41) is 11.0. The molecule has 1 heterocycles. The number of hydrogen-bond donors (Lipinski definition) is 1. The minimum Gasteiger partial charge on any atom is -0.504 e. The second-order valence-electron chi connectivity index (χ2n) is 6.43. The smallest absolute Gasteiger partial charge is 0.156 e. The fourth-order valence-electron chi connectivity index (χ4n) is 3.37. The molecule has 0 atom stereocenters. The van der Waals surface area contributed by atoms with E-state index in [4.69, 9.17) is 0 Å².